The summed E-state index contributed by atoms with van der Waals surface area (Å²) in [5, 5.41) is 20.0. The molecule has 2 aromatic rings. The number of rotatable bonds is 4. The first-order chi connectivity index (χ1) is 8.88. The summed E-state index contributed by atoms with van der Waals surface area (Å²) in [7, 11) is 0. The number of non-ortho nitro benzene ring substituents is 1. The number of hydrogen-bond donors (Lipinski definition) is 1. The van der Waals surface area contributed by atoms with Gasteiger partial charge in [-0.25, -0.2) is 4.63 Å². The first kappa shape index (κ1) is 13.1. The molecule has 0 unspecified atom stereocenters. The lowest BCUT2D eigenvalue weighted by molar-refractivity contribution is -0.383. The third kappa shape index (κ3) is 2.89. The van der Waals surface area contributed by atoms with Crippen LogP contribution in [0.15, 0.2) is 16.8 Å². The number of nitrogens with one attached hydrogen (secondary N) is 1. The van der Waals surface area contributed by atoms with Crippen molar-refractivity contribution >= 4 is 22.4 Å². The van der Waals surface area contributed by atoms with Gasteiger partial charge in [0.15, 0.2) is 5.52 Å². The Morgan fingerprint density at radius 3 is 2.63 bits per heavy atom. The van der Waals surface area contributed by atoms with Gasteiger partial charge in [0.1, 0.15) is 0 Å². The molecule has 1 N–H and O–H groups in total. The van der Waals surface area contributed by atoms with Crippen molar-refractivity contribution < 1.29 is 22.7 Å². The van der Waals surface area contributed by atoms with E-state index < -0.39 is 17.5 Å². The maximum absolute atomic E-state index is 12.0. The van der Waals surface area contributed by atoms with Crippen molar-refractivity contribution in [3.05, 3.63) is 22.2 Å². The van der Waals surface area contributed by atoms with E-state index in [1.165, 1.54) is 6.07 Å². The zero-order valence-corrected chi connectivity index (χ0v) is 9.27. The van der Waals surface area contributed by atoms with Crippen molar-refractivity contribution in [2.45, 2.75) is 12.6 Å². The Kier molecular flexibility index (Phi) is 3.23. The Hall–Kier alpha value is -2.39. The number of benzene rings is 1. The van der Waals surface area contributed by atoms with Crippen LogP contribution >= 0.6 is 0 Å². The topological polar surface area (TPSA) is 94.1 Å². The van der Waals surface area contributed by atoms with Crippen LogP contribution in [-0.2, 0) is 0 Å². The van der Waals surface area contributed by atoms with Crippen LogP contribution in [0.1, 0.15) is 6.42 Å². The SMILES string of the molecule is O=[N+]([O-])c1ccc(NCCC(F)(F)F)c2nonc12. The zero-order valence-electron chi connectivity index (χ0n) is 9.27. The van der Waals surface area contributed by atoms with Crippen molar-refractivity contribution in [1.82, 2.24) is 10.3 Å². The molecule has 0 spiro atoms. The Bertz CT molecular complexity index is 610. The molecule has 0 amide bonds. The van der Waals surface area contributed by atoms with Crippen molar-refractivity contribution in [2.24, 2.45) is 0 Å². The minimum absolute atomic E-state index is 0.0244. The third-order valence-corrected chi connectivity index (χ3v) is 2.31. The first-order valence-corrected chi connectivity index (χ1v) is 5.09. The van der Waals surface area contributed by atoms with Crippen LogP contribution in [0.2, 0.25) is 0 Å². The van der Waals surface area contributed by atoms with Gasteiger partial charge < -0.3 is 5.32 Å². The summed E-state index contributed by atoms with van der Waals surface area (Å²) in [5.41, 5.74) is -0.206. The molecule has 0 radical (unpaired) electrons. The van der Waals surface area contributed by atoms with E-state index in [1.807, 2.05) is 0 Å². The average molecular weight is 276 g/mol. The van der Waals surface area contributed by atoms with Gasteiger partial charge in [-0.05, 0) is 16.4 Å². The van der Waals surface area contributed by atoms with Crippen molar-refractivity contribution in [1.29, 1.82) is 0 Å². The quantitative estimate of drug-likeness (QED) is 0.681. The molecular weight excluding hydrogens is 269 g/mol. The summed E-state index contributed by atoms with van der Waals surface area (Å²) in [6, 6.07) is 2.39. The minimum atomic E-state index is -4.28. The Morgan fingerprint density at radius 2 is 2.00 bits per heavy atom. The van der Waals surface area contributed by atoms with Gasteiger partial charge in [-0.1, -0.05) is 0 Å². The number of aromatic nitrogens is 2. The number of anilines is 1. The maximum Gasteiger partial charge on any atom is 0.390 e. The van der Waals surface area contributed by atoms with Gasteiger partial charge in [0.2, 0.25) is 5.52 Å². The Labute approximate surface area is 103 Å². The number of nitro benzene ring substituents is 1. The predicted molar refractivity (Wildman–Crippen MR) is 57.6 cm³/mol. The van der Waals surface area contributed by atoms with E-state index in [0.717, 1.165) is 6.07 Å². The summed E-state index contributed by atoms with van der Waals surface area (Å²) in [6.07, 6.45) is -5.31. The van der Waals surface area contributed by atoms with Gasteiger partial charge in [-0.2, -0.15) is 13.2 Å². The van der Waals surface area contributed by atoms with Gasteiger partial charge in [0.25, 0.3) is 0 Å². The number of hydrogen-bond acceptors (Lipinski definition) is 6. The summed E-state index contributed by atoms with van der Waals surface area (Å²) in [6.45, 7) is -0.372. The highest BCUT2D eigenvalue weighted by atomic mass is 19.4. The molecule has 0 saturated heterocycles. The number of fused-ring (bicyclic) bond motifs is 1. The smallest absolute Gasteiger partial charge is 0.383 e. The average Bonchev–Trinajstić information content (AvgIpc) is 2.76. The van der Waals surface area contributed by atoms with E-state index in [0.29, 0.717) is 0 Å². The summed E-state index contributed by atoms with van der Waals surface area (Å²) in [4.78, 5) is 10.0. The number of nitro groups is 1. The number of halogens is 3. The number of alkyl halides is 3. The van der Waals surface area contributed by atoms with Gasteiger partial charge in [0, 0.05) is 12.6 Å². The highest BCUT2D eigenvalue weighted by molar-refractivity contribution is 5.93. The molecule has 0 atom stereocenters. The fourth-order valence-corrected chi connectivity index (χ4v) is 1.48. The van der Waals surface area contributed by atoms with E-state index in [4.69, 9.17) is 0 Å². The van der Waals surface area contributed by atoms with E-state index in [1.54, 1.807) is 0 Å². The highest BCUT2D eigenvalue weighted by Crippen LogP contribution is 2.29. The van der Waals surface area contributed by atoms with Crippen LogP contribution in [0, 0.1) is 10.1 Å². The summed E-state index contributed by atoms with van der Waals surface area (Å²) in [5.74, 6) is 0. The standard InChI is InChI=1S/C9H7F3N4O3/c10-9(11,12)3-4-13-5-1-2-6(16(17)18)8-7(5)14-19-15-8/h1-2,13H,3-4H2. The molecule has 1 aromatic heterocycles. The molecule has 19 heavy (non-hydrogen) atoms. The molecule has 10 heteroatoms. The lowest BCUT2D eigenvalue weighted by Crippen LogP contribution is -2.14. The van der Waals surface area contributed by atoms with Gasteiger partial charge in [-0.3, -0.25) is 10.1 Å². The molecule has 0 saturated carbocycles. The fraction of sp³-hybridized carbons (Fsp3) is 0.333. The molecule has 7 nitrogen and oxygen atoms in total. The summed E-state index contributed by atoms with van der Waals surface area (Å²) < 4.78 is 40.4. The van der Waals surface area contributed by atoms with Crippen molar-refractivity contribution in [2.75, 3.05) is 11.9 Å². The molecule has 1 aromatic carbocycles. The first-order valence-electron chi connectivity index (χ1n) is 5.09. The molecule has 0 fully saturated rings. The van der Waals surface area contributed by atoms with Crippen molar-refractivity contribution in [3.63, 3.8) is 0 Å². The predicted octanol–water partition coefficient (Wildman–Crippen LogP) is 2.50. The van der Waals surface area contributed by atoms with E-state index in [2.05, 4.69) is 20.3 Å². The normalized spacial score (nSPS) is 11.7. The van der Waals surface area contributed by atoms with Gasteiger partial charge in [-0.15, -0.1) is 0 Å². The van der Waals surface area contributed by atoms with Crippen molar-refractivity contribution in [3.8, 4) is 0 Å². The van der Waals surface area contributed by atoms with E-state index in [-0.39, 0.29) is 29.0 Å². The van der Waals surface area contributed by atoms with Crippen LogP contribution in [0.25, 0.3) is 11.0 Å². The van der Waals surface area contributed by atoms with Crippen LogP contribution in [0.4, 0.5) is 24.5 Å². The molecule has 0 aliphatic carbocycles. The molecule has 0 bridgehead atoms. The van der Waals surface area contributed by atoms with Gasteiger partial charge >= 0.3 is 11.9 Å². The van der Waals surface area contributed by atoms with E-state index in [9.17, 15) is 23.3 Å². The maximum atomic E-state index is 12.0. The second kappa shape index (κ2) is 4.71. The summed E-state index contributed by atoms with van der Waals surface area (Å²) >= 11 is 0. The second-order valence-corrected chi connectivity index (χ2v) is 3.64. The molecule has 102 valence electrons. The lowest BCUT2D eigenvalue weighted by Gasteiger charge is -2.08. The van der Waals surface area contributed by atoms with Crippen LogP contribution in [0.5, 0.6) is 0 Å². The zero-order chi connectivity index (χ0) is 14.0. The highest BCUT2D eigenvalue weighted by Gasteiger charge is 2.26. The molecular formula is C9H7F3N4O3. The monoisotopic (exact) mass is 276 g/mol. The van der Waals surface area contributed by atoms with Crippen LogP contribution in [0.3, 0.4) is 0 Å². The molecule has 1 heterocycles. The molecule has 0 aliphatic heterocycles. The fourth-order valence-electron chi connectivity index (χ4n) is 1.48. The second-order valence-electron chi connectivity index (χ2n) is 3.64. The lowest BCUT2D eigenvalue weighted by atomic mass is 10.2. The van der Waals surface area contributed by atoms with E-state index >= 15 is 0 Å². The van der Waals surface area contributed by atoms with Gasteiger partial charge in [0.05, 0.1) is 17.0 Å². The largest absolute Gasteiger partial charge is 0.390 e. The number of nitrogens with zero attached hydrogens (tertiary/aromatic N) is 3. The van der Waals surface area contributed by atoms with Crippen LogP contribution in [-0.4, -0.2) is 28.0 Å². The van der Waals surface area contributed by atoms with Crippen LogP contribution < -0.4 is 5.32 Å². The minimum Gasteiger partial charge on any atom is -0.383 e. The Morgan fingerprint density at radius 1 is 1.32 bits per heavy atom. The molecule has 2 rings (SSSR count). The Balaban J connectivity index is 2.23. The third-order valence-electron chi connectivity index (χ3n) is 2.31. The molecule has 0 aliphatic rings.